The molecular formula is C24H21BrClN3O4S. The first kappa shape index (κ1) is 25.6. The van der Waals surface area contributed by atoms with Crippen LogP contribution in [0.25, 0.3) is 0 Å². The molecule has 0 aliphatic heterocycles. The van der Waals surface area contributed by atoms with E-state index in [1.165, 1.54) is 25.1 Å². The van der Waals surface area contributed by atoms with Gasteiger partial charge in [0, 0.05) is 25.6 Å². The molecule has 176 valence electrons. The number of hydrazone groups is 1. The zero-order valence-corrected chi connectivity index (χ0v) is 21.2. The van der Waals surface area contributed by atoms with Crippen molar-refractivity contribution in [2.45, 2.75) is 4.90 Å². The molecule has 0 fully saturated rings. The number of ether oxygens (including phenoxy) is 2. The molecule has 0 atom stereocenters. The third-order valence-corrected chi connectivity index (χ3v) is 6.23. The summed E-state index contributed by atoms with van der Waals surface area (Å²) in [6.45, 7) is -0.188. The van der Waals surface area contributed by atoms with Crippen LogP contribution >= 0.6 is 39.3 Å². The average Bonchev–Trinajstić information content (AvgIpc) is 2.84. The molecule has 0 heterocycles. The Labute approximate surface area is 215 Å². The van der Waals surface area contributed by atoms with Gasteiger partial charge in [0.25, 0.3) is 5.91 Å². The Morgan fingerprint density at radius 3 is 2.50 bits per heavy atom. The van der Waals surface area contributed by atoms with Crippen molar-refractivity contribution in [2.24, 2.45) is 5.10 Å². The number of methoxy groups -OCH3 is 1. The van der Waals surface area contributed by atoms with Gasteiger partial charge in [-0.25, -0.2) is 5.43 Å². The summed E-state index contributed by atoms with van der Waals surface area (Å²) in [5.74, 6) is 0.471. The molecule has 0 radical (unpaired) electrons. The van der Waals surface area contributed by atoms with Gasteiger partial charge in [0.05, 0.1) is 19.1 Å². The maximum atomic E-state index is 12.1. The lowest BCUT2D eigenvalue weighted by Crippen LogP contribution is -2.20. The largest absolute Gasteiger partial charge is 0.493 e. The first-order chi connectivity index (χ1) is 16.4. The third kappa shape index (κ3) is 8.09. The fraction of sp³-hybridized carbons (Fsp3) is 0.125. The Morgan fingerprint density at radius 1 is 1.06 bits per heavy atom. The van der Waals surface area contributed by atoms with E-state index < -0.39 is 0 Å². The zero-order valence-electron chi connectivity index (χ0n) is 18.1. The van der Waals surface area contributed by atoms with Crippen molar-refractivity contribution >= 4 is 63.0 Å². The molecule has 10 heteroatoms. The maximum Gasteiger partial charge on any atom is 0.262 e. The van der Waals surface area contributed by atoms with Crippen LogP contribution in [0.15, 0.2) is 81.2 Å². The summed E-state index contributed by atoms with van der Waals surface area (Å²) in [7, 11) is 1.50. The van der Waals surface area contributed by atoms with Gasteiger partial charge in [-0.2, -0.15) is 5.10 Å². The Kier molecular flexibility index (Phi) is 9.81. The number of nitrogens with zero attached hydrogens (tertiary/aromatic N) is 1. The Hall–Kier alpha value is -3.01. The molecular weight excluding hydrogens is 542 g/mol. The molecule has 34 heavy (non-hydrogen) atoms. The van der Waals surface area contributed by atoms with Crippen LogP contribution < -0.4 is 20.2 Å². The second-order valence-corrected chi connectivity index (χ2v) is 9.10. The smallest absolute Gasteiger partial charge is 0.262 e. The van der Waals surface area contributed by atoms with Crippen LogP contribution in [0.2, 0.25) is 5.02 Å². The summed E-state index contributed by atoms with van der Waals surface area (Å²) >= 11 is 10.7. The molecule has 0 aliphatic carbocycles. The highest BCUT2D eigenvalue weighted by molar-refractivity contribution is 9.10. The van der Waals surface area contributed by atoms with Crippen molar-refractivity contribution in [3.8, 4) is 11.5 Å². The average molecular weight is 563 g/mol. The van der Waals surface area contributed by atoms with Crippen LogP contribution in [0, 0.1) is 0 Å². The van der Waals surface area contributed by atoms with Crippen LogP contribution in [-0.4, -0.2) is 37.5 Å². The molecule has 0 saturated carbocycles. The first-order valence-corrected chi connectivity index (χ1v) is 12.2. The molecule has 0 spiro atoms. The number of rotatable bonds is 10. The van der Waals surface area contributed by atoms with Gasteiger partial charge < -0.3 is 14.8 Å². The highest BCUT2D eigenvalue weighted by Gasteiger charge is 2.12. The lowest BCUT2D eigenvalue weighted by Gasteiger charge is -2.12. The summed E-state index contributed by atoms with van der Waals surface area (Å²) in [6.07, 6.45) is 1.49. The first-order valence-electron chi connectivity index (χ1n) is 10.00. The predicted octanol–water partition coefficient (Wildman–Crippen LogP) is 5.37. The Balaban J connectivity index is 1.53. The highest BCUT2D eigenvalue weighted by atomic mass is 79.9. The molecule has 2 amide bonds. The van der Waals surface area contributed by atoms with E-state index in [-0.39, 0.29) is 24.2 Å². The quantitative estimate of drug-likeness (QED) is 0.197. The fourth-order valence-corrected chi connectivity index (χ4v) is 3.91. The maximum absolute atomic E-state index is 12.1. The van der Waals surface area contributed by atoms with Crippen molar-refractivity contribution in [3.05, 3.63) is 81.8 Å². The van der Waals surface area contributed by atoms with E-state index in [1.54, 1.807) is 36.4 Å². The number of thioether (sulfide) groups is 1. The molecule has 0 aliphatic rings. The Bertz CT molecular complexity index is 1160. The number of hydrogen-bond acceptors (Lipinski definition) is 6. The van der Waals surface area contributed by atoms with Gasteiger partial charge in [-0.05, 0) is 64.5 Å². The number of carbonyl (C=O) groups is 2. The lowest BCUT2D eigenvalue weighted by molar-refractivity contribution is -0.119. The van der Waals surface area contributed by atoms with Gasteiger partial charge in [-0.3, -0.25) is 9.59 Å². The summed E-state index contributed by atoms with van der Waals surface area (Å²) in [5.41, 5.74) is 3.83. The van der Waals surface area contributed by atoms with E-state index in [1.807, 2.05) is 30.3 Å². The second-order valence-electron chi connectivity index (χ2n) is 6.76. The molecule has 0 unspecified atom stereocenters. The third-order valence-electron chi connectivity index (χ3n) is 4.28. The number of carbonyl (C=O) groups excluding carboxylic acids is 2. The summed E-state index contributed by atoms with van der Waals surface area (Å²) in [5, 5.41) is 7.40. The van der Waals surface area contributed by atoms with Crippen molar-refractivity contribution in [1.29, 1.82) is 0 Å². The molecule has 3 aromatic carbocycles. The van der Waals surface area contributed by atoms with Crippen LogP contribution in [0.4, 0.5) is 5.69 Å². The van der Waals surface area contributed by atoms with Crippen molar-refractivity contribution in [2.75, 3.05) is 24.8 Å². The highest BCUT2D eigenvalue weighted by Crippen LogP contribution is 2.33. The standard InChI is InChI=1S/C24H21BrClN3O4S/c1-32-21-11-16(13-27-29-24(31)15-34-19-9-7-17(26)8-10-19)20(25)12-22(21)33-14-23(30)28-18-5-3-2-4-6-18/h2-13H,14-15H2,1H3,(H,28,30)(H,29,31)/b27-13-. The van der Waals surface area contributed by atoms with Crippen LogP contribution in [0.1, 0.15) is 5.56 Å². The minimum atomic E-state index is -0.297. The fourth-order valence-electron chi connectivity index (χ4n) is 2.67. The van der Waals surface area contributed by atoms with Crippen LogP contribution in [-0.2, 0) is 9.59 Å². The van der Waals surface area contributed by atoms with Crippen molar-refractivity contribution < 1.29 is 19.1 Å². The number of benzene rings is 3. The van der Waals surface area contributed by atoms with Crippen molar-refractivity contribution in [1.82, 2.24) is 5.43 Å². The summed E-state index contributed by atoms with van der Waals surface area (Å²) < 4.78 is 11.7. The molecule has 3 rings (SSSR count). The van der Waals surface area contributed by atoms with E-state index in [0.29, 0.717) is 32.2 Å². The minimum Gasteiger partial charge on any atom is -0.493 e. The molecule has 3 aromatic rings. The molecule has 2 N–H and O–H groups in total. The monoisotopic (exact) mass is 561 g/mol. The van der Waals surface area contributed by atoms with Gasteiger partial charge >= 0.3 is 0 Å². The Morgan fingerprint density at radius 2 is 1.79 bits per heavy atom. The molecule has 0 bridgehead atoms. The van der Waals surface area contributed by atoms with E-state index in [2.05, 4.69) is 31.8 Å². The molecule has 0 saturated heterocycles. The van der Waals surface area contributed by atoms with E-state index >= 15 is 0 Å². The van der Waals surface area contributed by atoms with Gasteiger partial charge in [0.15, 0.2) is 18.1 Å². The van der Waals surface area contributed by atoms with Gasteiger partial charge in [0.1, 0.15) is 0 Å². The number of anilines is 1. The lowest BCUT2D eigenvalue weighted by atomic mass is 10.2. The number of nitrogens with one attached hydrogen (secondary N) is 2. The number of halogens is 2. The molecule has 0 aromatic heterocycles. The normalized spacial score (nSPS) is 10.7. The van der Waals surface area contributed by atoms with Gasteiger partial charge in [-0.1, -0.05) is 29.8 Å². The SMILES string of the molecule is COc1cc(/C=N\NC(=O)CSc2ccc(Cl)cc2)c(Br)cc1OCC(=O)Nc1ccccc1. The molecule has 7 nitrogen and oxygen atoms in total. The topological polar surface area (TPSA) is 89.0 Å². The van der Waals surface area contributed by atoms with Gasteiger partial charge in [-0.15, -0.1) is 11.8 Å². The second kappa shape index (κ2) is 13.0. The zero-order chi connectivity index (χ0) is 24.3. The van der Waals surface area contributed by atoms with Gasteiger partial charge in [0.2, 0.25) is 5.91 Å². The van der Waals surface area contributed by atoms with E-state index in [0.717, 1.165) is 4.90 Å². The summed E-state index contributed by atoms with van der Waals surface area (Å²) in [6, 6.07) is 19.7. The van der Waals surface area contributed by atoms with Crippen LogP contribution in [0.5, 0.6) is 11.5 Å². The number of para-hydroxylation sites is 1. The summed E-state index contributed by atoms with van der Waals surface area (Å²) in [4.78, 5) is 25.1. The van der Waals surface area contributed by atoms with E-state index in [9.17, 15) is 9.59 Å². The predicted molar refractivity (Wildman–Crippen MR) is 139 cm³/mol. The number of amides is 2. The van der Waals surface area contributed by atoms with Crippen molar-refractivity contribution in [3.63, 3.8) is 0 Å². The van der Waals surface area contributed by atoms with Crippen LogP contribution in [0.3, 0.4) is 0 Å². The number of hydrogen-bond donors (Lipinski definition) is 2. The van der Waals surface area contributed by atoms with E-state index in [4.69, 9.17) is 21.1 Å². The minimum absolute atomic E-state index is 0.188.